The van der Waals surface area contributed by atoms with E-state index in [1.165, 1.54) is 6.07 Å². The third kappa shape index (κ3) is 3.75. The molecule has 0 aliphatic rings. The largest absolute Gasteiger partial charge is 0.488 e. The van der Waals surface area contributed by atoms with Gasteiger partial charge in [0.25, 0.3) is 0 Å². The molecule has 0 bridgehead atoms. The summed E-state index contributed by atoms with van der Waals surface area (Å²) in [6.07, 6.45) is 0. The minimum atomic E-state index is -0.448. The number of nitriles is 1. The van der Waals surface area contributed by atoms with Crippen LogP contribution in [-0.4, -0.2) is 0 Å². The summed E-state index contributed by atoms with van der Waals surface area (Å²) in [6, 6.07) is 10.0. The molecule has 21 heavy (non-hydrogen) atoms. The van der Waals surface area contributed by atoms with Crippen LogP contribution in [-0.2, 0) is 12.5 Å². The van der Waals surface area contributed by atoms with Crippen molar-refractivity contribution < 1.29 is 9.13 Å². The van der Waals surface area contributed by atoms with Crippen molar-refractivity contribution in [2.75, 3.05) is 0 Å². The Kier molecular flexibility index (Phi) is 5.22. The summed E-state index contributed by atoms with van der Waals surface area (Å²) in [4.78, 5) is 0. The molecule has 0 spiro atoms. The molecular formula is C16H12BrClFNO. The van der Waals surface area contributed by atoms with Crippen LogP contribution in [0.2, 0.25) is 0 Å². The molecule has 2 nitrogen and oxygen atoms in total. The summed E-state index contributed by atoms with van der Waals surface area (Å²) in [5.74, 6) is 0.527. The fourth-order valence-electron chi connectivity index (χ4n) is 1.99. The van der Waals surface area contributed by atoms with E-state index < -0.39 is 5.82 Å². The van der Waals surface area contributed by atoms with Crippen molar-refractivity contribution in [3.63, 3.8) is 0 Å². The van der Waals surface area contributed by atoms with Crippen LogP contribution in [0.3, 0.4) is 0 Å². The summed E-state index contributed by atoms with van der Waals surface area (Å²) in [5.41, 5.74) is 2.46. The van der Waals surface area contributed by atoms with Gasteiger partial charge in [-0.3, -0.25) is 0 Å². The van der Waals surface area contributed by atoms with Crippen LogP contribution in [0.25, 0.3) is 0 Å². The van der Waals surface area contributed by atoms with Crippen LogP contribution in [0.5, 0.6) is 5.75 Å². The van der Waals surface area contributed by atoms with Crippen LogP contribution in [0.4, 0.5) is 4.39 Å². The van der Waals surface area contributed by atoms with Crippen molar-refractivity contribution in [3.05, 3.63) is 62.9 Å². The molecule has 0 heterocycles. The Hall–Kier alpha value is -1.57. The second kappa shape index (κ2) is 6.93. The normalized spacial score (nSPS) is 10.2. The fraction of sp³-hybridized carbons (Fsp3) is 0.188. The molecule has 0 saturated carbocycles. The van der Waals surface area contributed by atoms with Gasteiger partial charge in [-0.25, -0.2) is 4.39 Å². The standard InChI is InChI=1S/C16H12BrClFNO/c1-10-4-14(17)6-13(7-18)16(10)21-9-12-3-2-11(8-20)5-15(12)19/h2-6H,7,9H2,1H3. The molecule has 2 aromatic rings. The van der Waals surface area contributed by atoms with Crippen molar-refractivity contribution in [3.8, 4) is 11.8 Å². The van der Waals surface area contributed by atoms with Gasteiger partial charge in [0.05, 0.1) is 17.5 Å². The zero-order chi connectivity index (χ0) is 15.4. The van der Waals surface area contributed by atoms with Gasteiger partial charge >= 0.3 is 0 Å². The first kappa shape index (κ1) is 15.8. The molecule has 2 aromatic carbocycles. The predicted molar refractivity (Wildman–Crippen MR) is 83.9 cm³/mol. The smallest absolute Gasteiger partial charge is 0.131 e. The monoisotopic (exact) mass is 367 g/mol. The van der Waals surface area contributed by atoms with E-state index in [0.29, 0.717) is 17.2 Å². The van der Waals surface area contributed by atoms with E-state index in [1.807, 2.05) is 25.1 Å². The Morgan fingerprint density at radius 2 is 2.05 bits per heavy atom. The number of nitrogens with zero attached hydrogens (tertiary/aromatic N) is 1. The molecular weight excluding hydrogens is 357 g/mol. The summed E-state index contributed by atoms with van der Waals surface area (Å²) >= 11 is 9.32. The minimum absolute atomic E-state index is 0.0872. The fourth-order valence-corrected chi connectivity index (χ4v) is 2.81. The SMILES string of the molecule is Cc1cc(Br)cc(CCl)c1OCc1ccc(C#N)cc1F. The van der Waals surface area contributed by atoms with Gasteiger partial charge in [-0.1, -0.05) is 22.0 Å². The number of rotatable bonds is 4. The molecule has 0 aromatic heterocycles. The zero-order valence-corrected chi connectivity index (χ0v) is 13.6. The number of hydrogen-bond donors (Lipinski definition) is 0. The van der Waals surface area contributed by atoms with Crippen molar-refractivity contribution >= 4 is 27.5 Å². The van der Waals surface area contributed by atoms with Gasteiger partial charge in [0, 0.05) is 15.6 Å². The zero-order valence-electron chi connectivity index (χ0n) is 11.3. The van der Waals surface area contributed by atoms with Gasteiger partial charge in [0.1, 0.15) is 18.2 Å². The van der Waals surface area contributed by atoms with E-state index in [9.17, 15) is 4.39 Å². The lowest BCUT2D eigenvalue weighted by Gasteiger charge is -2.14. The highest BCUT2D eigenvalue weighted by Gasteiger charge is 2.10. The van der Waals surface area contributed by atoms with Crippen molar-refractivity contribution in [1.82, 2.24) is 0 Å². The highest BCUT2D eigenvalue weighted by molar-refractivity contribution is 9.10. The molecule has 0 aliphatic carbocycles. The summed E-state index contributed by atoms with van der Waals surface area (Å²) in [6.45, 7) is 2.00. The van der Waals surface area contributed by atoms with Gasteiger partial charge in [-0.05, 0) is 36.8 Å². The number of alkyl halides is 1. The first-order chi connectivity index (χ1) is 10.0. The third-order valence-electron chi connectivity index (χ3n) is 3.01. The average molecular weight is 369 g/mol. The van der Waals surface area contributed by atoms with Crippen LogP contribution in [0.15, 0.2) is 34.8 Å². The topological polar surface area (TPSA) is 33.0 Å². The van der Waals surface area contributed by atoms with Crippen LogP contribution < -0.4 is 4.74 Å². The number of halogens is 3. The molecule has 0 fully saturated rings. The Balaban J connectivity index is 2.23. The lowest BCUT2D eigenvalue weighted by molar-refractivity contribution is 0.295. The Morgan fingerprint density at radius 1 is 1.29 bits per heavy atom. The third-order valence-corrected chi connectivity index (χ3v) is 3.76. The van der Waals surface area contributed by atoms with E-state index >= 15 is 0 Å². The van der Waals surface area contributed by atoms with E-state index in [0.717, 1.165) is 15.6 Å². The molecule has 0 amide bonds. The predicted octanol–water partition coefficient (Wildman–Crippen LogP) is 5.09. The second-order valence-corrected chi connectivity index (χ2v) is 5.73. The molecule has 0 saturated heterocycles. The van der Waals surface area contributed by atoms with Crippen molar-refractivity contribution in [2.45, 2.75) is 19.4 Å². The maximum Gasteiger partial charge on any atom is 0.131 e. The highest BCUT2D eigenvalue weighted by atomic mass is 79.9. The molecule has 0 radical (unpaired) electrons. The van der Waals surface area contributed by atoms with E-state index in [-0.39, 0.29) is 12.2 Å². The van der Waals surface area contributed by atoms with Crippen LogP contribution in [0.1, 0.15) is 22.3 Å². The van der Waals surface area contributed by atoms with Gasteiger partial charge in [-0.2, -0.15) is 5.26 Å². The van der Waals surface area contributed by atoms with E-state index in [1.54, 1.807) is 12.1 Å². The van der Waals surface area contributed by atoms with E-state index in [4.69, 9.17) is 21.6 Å². The molecule has 0 N–H and O–H groups in total. The first-order valence-corrected chi connectivity index (χ1v) is 7.54. The maximum absolute atomic E-state index is 13.8. The first-order valence-electron chi connectivity index (χ1n) is 6.21. The quantitative estimate of drug-likeness (QED) is 0.705. The molecule has 2 rings (SSSR count). The Labute approximate surface area is 136 Å². The highest BCUT2D eigenvalue weighted by Crippen LogP contribution is 2.30. The van der Waals surface area contributed by atoms with Gasteiger partial charge < -0.3 is 4.74 Å². The summed E-state index contributed by atoms with van der Waals surface area (Å²) in [7, 11) is 0. The Bertz CT molecular complexity index is 712. The number of aryl methyl sites for hydroxylation is 1. The number of benzene rings is 2. The van der Waals surface area contributed by atoms with Gasteiger partial charge in [0.15, 0.2) is 0 Å². The van der Waals surface area contributed by atoms with Gasteiger partial charge in [0.2, 0.25) is 0 Å². The minimum Gasteiger partial charge on any atom is -0.488 e. The summed E-state index contributed by atoms with van der Waals surface area (Å²) < 4.78 is 20.5. The Morgan fingerprint density at radius 3 is 2.67 bits per heavy atom. The van der Waals surface area contributed by atoms with E-state index in [2.05, 4.69) is 15.9 Å². The van der Waals surface area contributed by atoms with Gasteiger partial charge in [-0.15, -0.1) is 11.6 Å². The molecule has 108 valence electrons. The molecule has 0 aliphatic heterocycles. The lowest BCUT2D eigenvalue weighted by Crippen LogP contribution is -2.02. The van der Waals surface area contributed by atoms with Crippen LogP contribution in [0, 0.1) is 24.1 Å². The van der Waals surface area contributed by atoms with Crippen LogP contribution >= 0.6 is 27.5 Å². The number of hydrogen-bond acceptors (Lipinski definition) is 2. The molecule has 0 unspecified atom stereocenters. The maximum atomic E-state index is 13.8. The van der Waals surface area contributed by atoms with Crippen molar-refractivity contribution in [1.29, 1.82) is 5.26 Å². The molecule has 5 heteroatoms. The summed E-state index contributed by atoms with van der Waals surface area (Å²) in [5, 5.41) is 8.72. The average Bonchev–Trinajstić information content (AvgIpc) is 2.46. The number of ether oxygens (including phenoxy) is 1. The molecule has 0 atom stereocenters. The second-order valence-electron chi connectivity index (χ2n) is 4.55. The lowest BCUT2D eigenvalue weighted by atomic mass is 10.1. The van der Waals surface area contributed by atoms with Crippen molar-refractivity contribution in [2.24, 2.45) is 0 Å².